The summed E-state index contributed by atoms with van der Waals surface area (Å²) in [6.07, 6.45) is 0.122. The quantitative estimate of drug-likeness (QED) is 0.630. The van der Waals surface area contributed by atoms with Crippen LogP contribution in [-0.2, 0) is 4.74 Å². The van der Waals surface area contributed by atoms with Crippen LogP contribution in [0.1, 0.15) is 31.3 Å². The van der Waals surface area contributed by atoms with Crippen LogP contribution in [0, 0.1) is 0 Å². The summed E-state index contributed by atoms with van der Waals surface area (Å²) in [5.41, 5.74) is 2.33. The van der Waals surface area contributed by atoms with Crippen molar-refractivity contribution in [2.75, 3.05) is 0 Å². The summed E-state index contributed by atoms with van der Waals surface area (Å²) in [6, 6.07) is 17.4. The molecule has 0 saturated heterocycles. The Bertz CT molecular complexity index is 902. The summed E-state index contributed by atoms with van der Waals surface area (Å²) in [4.78, 5) is 23.9. The standard InChI is InChI=1S/C20H19NO3/c1-20(2,3)24-19(23)21-17(13-22)11-16-10-9-15(12-18(16)21)14-7-5-4-6-8-14/h4-13H,1-3H3. The second-order valence-corrected chi connectivity index (χ2v) is 6.64. The third-order valence-electron chi connectivity index (χ3n) is 3.64. The molecule has 0 aliphatic heterocycles. The van der Waals surface area contributed by atoms with Gasteiger partial charge < -0.3 is 4.74 Å². The molecule has 1 aromatic heterocycles. The van der Waals surface area contributed by atoms with Crippen molar-refractivity contribution in [3.8, 4) is 11.1 Å². The van der Waals surface area contributed by atoms with Crippen LogP contribution in [0.5, 0.6) is 0 Å². The lowest BCUT2D eigenvalue weighted by Crippen LogP contribution is -2.27. The Balaban J connectivity index is 2.16. The van der Waals surface area contributed by atoms with Gasteiger partial charge in [-0.15, -0.1) is 0 Å². The van der Waals surface area contributed by atoms with Crippen LogP contribution in [0.15, 0.2) is 54.6 Å². The molecule has 4 heteroatoms. The SMILES string of the molecule is CC(C)(C)OC(=O)n1c(C=O)cc2ccc(-c3ccccc3)cc21. The van der Waals surface area contributed by atoms with E-state index in [9.17, 15) is 9.59 Å². The molecule has 0 aliphatic carbocycles. The van der Waals surface area contributed by atoms with E-state index < -0.39 is 11.7 Å². The Morgan fingerprint density at radius 2 is 1.71 bits per heavy atom. The van der Waals surface area contributed by atoms with Gasteiger partial charge in [0.15, 0.2) is 6.29 Å². The normalized spacial score (nSPS) is 11.5. The number of fused-ring (bicyclic) bond motifs is 1. The van der Waals surface area contributed by atoms with Crippen molar-refractivity contribution in [3.63, 3.8) is 0 Å². The highest BCUT2D eigenvalue weighted by Crippen LogP contribution is 2.27. The van der Waals surface area contributed by atoms with Crippen molar-refractivity contribution in [1.82, 2.24) is 4.57 Å². The highest BCUT2D eigenvalue weighted by atomic mass is 16.6. The first-order valence-electron chi connectivity index (χ1n) is 7.78. The monoisotopic (exact) mass is 321 g/mol. The molecule has 24 heavy (non-hydrogen) atoms. The Morgan fingerprint density at radius 1 is 1.00 bits per heavy atom. The molecule has 0 bridgehead atoms. The Morgan fingerprint density at radius 3 is 2.33 bits per heavy atom. The molecule has 0 atom stereocenters. The van der Waals surface area contributed by atoms with Crippen LogP contribution in [0.25, 0.3) is 22.0 Å². The molecule has 3 aromatic rings. The molecule has 0 aliphatic rings. The topological polar surface area (TPSA) is 48.3 Å². The van der Waals surface area contributed by atoms with Gasteiger partial charge in [0.1, 0.15) is 5.60 Å². The third-order valence-corrected chi connectivity index (χ3v) is 3.64. The van der Waals surface area contributed by atoms with Gasteiger partial charge in [0.25, 0.3) is 0 Å². The number of rotatable bonds is 2. The van der Waals surface area contributed by atoms with Gasteiger partial charge >= 0.3 is 6.09 Å². The van der Waals surface area contributed by atoms with Crippen LogP contribution in [0.3, 0.4) is 0 Å². The minimum atomic E-state index is -0.634. The first-order chi connectivity index (χ1) is 11.4. The van der Waals surface area contributed by atoms with Crippen molar-refractivity contribution >= 4 is 23.3 Å². The predicted octanol–water partition coefficient (Wildman–Crippen LogP) is 4.90. The minimum absolute atomic E-state index is 0.282. The summed E-state index contributed by atoms with van der Waals surface area (Å²) < 4.78 is 6.78. The molecule has 3 rings (SSSR count). The summed E-state index contributed by atoms with van der Waals surface area (Å²) in [6.45, 7) is 5.39. The van der Waals surface area contributed by atoms with Gasteiger partial charge in [-0.2, -0.15) is 0 Å². The van der Waals surface area contributed by atoms with Crippen molar-refractivity contribution in [3.05, 3.63) is 60.3 Å². The molecule has 0 amide bonds. The van der Waals surface area contributed by atoms with Gasteiger partial charge in [0.05, 0.1) is 11.2 Å². The van der Waals surface area contributed by atoms with Crippen LogP contribution in [0.4, 0.5) is 4.79 Å². The fraction of sp³-hybridized carbons (Fsp3) is 0.200. The molecule has 0 saturated carbocycles. The molecule has 0 fully saturated rings. The first kappa shape index (κ1) is 16.0. The van der Waals surface area contributed by atoms with E-state index in [-0.39, 0.29) is 5.69 Å². The average molecular weight is 321 g/mol. The average Bonchev–Trinajstić information content (AvgIpc) is 2.91. The molecule has 122 valence electrons. The third kappa shape index (κ3) is 3.08. The van der Waals surface area contributed by atoms with Crippen molar-refractivity contribution < 1.29 is 14.3 Å². The van der Waals surface area contributed by atoms with Crippen LogP contribution < -0.4 is 0 Å². The number of benzene rings is 2. The van der Waals surface area contributed by atoms with Gasteiger partial charge in [-0.3, -0.25) is 4.79 Å². The lowest BCUT2D eigenvalue weighted by Gasteiger charge is -2.20. The molecular formula is C20H19NO3. The van der Waals surface area contributed by atoms with Gasteiger partial charge in [-0.25, -0.2) is 9.36 Å². The van der Waals surface area contributed by atoms with Crippen molar-refractivity contribution in [1.29, 1.82) is 0 Å². The number of carbonyl (C=O) groups excluding carboxylic acids is 2. The van der Waals surface area contributed by atoms with E-state index >= 15 is 0 Å². The fourth-order valence-electron chi connectivity index (χ4n) is 2.63. The zero-order valence-corrected chi connectivity index (χ0v) is 13.9. The predicted molar refractivity (Wildman–Crippen MR) is 94.4 cm³/mol. The smallest absolute Gasteiger partial charge is 0.419 e. The van der Waals surface area contributed by atoms with Crippen molar-refractivity contribution in [2.45, 2.75) is 26.4 Å². The van der Waals surface area contributed by atoms with E-state index in [1.54, 1.807) is 26.8 Å². The number of ether oxygens (including phenoxy) is 1. The maximum absolute atomic E-state index is 12.5. The number of hydrogen-bond donors (Lipinski definition) is 0. The summed E-state index contributed by atoms with van der Waals surface area (Å²) >= 11 is 0. The lowest BCUT2D eigenvalue weighted by atomic mass is 10.0. The number of nitrogens with zero attached hydrogens (tertiary/aromatic N) is 1. The van der Waals surface area contributed by atoms with Gasteiger partial charge in [0, 0.05) is 5.39 Å². The second-order valence-electron chi connectivity index (χ2n) is 6.64. The van der Waals surface area contributed by atoms with Gasteiger partial charge in [0.2, 0.25) is 0 Å². The Kier molecular flexibility index (Phi) is 3.97. The molecule has 0 unspecified atom stereocenters. The molecule has 4 nitrogen and oxygen atoms in total. The van der Waals surface area contributed by atoms with Crippen LogP contribution in [-0.4, -0.2) is 22.5 Å². The number of aromatic nitrogens is 1. The number of aldehydes is 1. The zero-order valence-electron chi connectivity index (χ0n) is 13.9. The van der Waals surface area contributed by atoms with E-state index in [0.29, 0.717) is 11.8 Å². The molecule has 0 N–H and O–H groups in total. The maximum Gasteiger partial charge on any atom is 0.419 e. The molecular weight excluding hydrogens is 302 g/mol. The van der Waals surface area contributed by atoms with Crippen molar-refractivity contribution in [2.24, 2.45) is 0 Å². The fourth-order valence-corrected chi connectivity index (χ4v) is 2.63. The van der Waals surface area contributed by atoms with Gasteiger partial charge in [-0.1, -0.05) is 42.5 Å². The Hall–Kier alpha value is -2.88. The molecule has 1 heterocycles. The number of hydrogen-bond acceptors (Lipinski definition) is 3. The van der Waals surface area contributed by atoms with E-state index in [2.05, 4.69) is 0 Å². The van der Waals surface area contributed by atoms with Crippen LogP contribution in [0.2, 0.25) is 0 Å². The summed E-state index contributed by atoms with van der Waals surface area (Å²) in [7, 11) is 0. The zero-order chi connectivity index (χ0) is 17.3. The van der Waals surface area contributed by atoms with E-state index in [1.807, 2.05) is 48.5 Å². The van der Waals surface area contributed by atoms with E-state index in [4.69, 9.17) is 4.74 Å². The lowest BCUT2D eigenvalue weighted by molar-refractivity contribution is 0.0538. The Labute approximate surface area is 140 Å². The molecule has 0 radical (unpaired) electrons. The minimum Gasteiger partial charge on any atom is -0.443 e. The van der Waals surface area contributed by atoms with Crippen LogP contribution >= 0.6 is 0 Å². The number of carbonyl (C=O) groups is 2. The highest BCUT2D eigenvalue weighted by molar-refractivity contribution is 5.98. The van der Waals surface area contributed by atoms with Gasteiger partial charge in [-0.05, 0) is 44.0 Å². The largest absolute Gasteiger partial charge is 0.443 e. The highest BCUT2D eigenvalue weighted by Gasteiger charge is 2.22. The second kappa shape index (κ2) is 5.96. The summed E-state index contributed by atoms with van der Waals surface area (Å²) in [5.74, 6) is 0. The summed E-state index contributed by atoms with van der Waals surface area (Å²) in [5, 5.41) is 0.822. The maximum atomic E-state index is 12.5. The molecule has 0 spiro atoms. The van der Waals surface area contributed by atoms with E-state index in [0.717, 1.165) is 16.5 Å². The van der Waals surface area contributed by atoms with E-state index in [1.165, 1.54) is 4.57 Å². The molecule has 2 aromatic carbocycles. The first-order valence-corrected chi connectivity index (χ1v) is 7.78.